The van der Waals surface area contributed by atoms with Gasteiger partial charge >= 0.3 is 0 Å². The second-order valence-corrected chi connectivity index (χ2v) is 5.62. The highest BCUT2D eigenvalue weighted by Gasteiger charge is 2.43. The molecule has 1 saturated heterocycles. The Hall–Kier alpha value is -1.10. The molecular weight excluding hydrogens is 254 g/mol. The lowest BCUT2D eigenvalue weighted by atomic mass is 10.2. The van der Waals surface area contributed by atoms with E-state index in [0.717, 1.165) is 25.1 Å². The molecule has 1 N–H and O–H groups in total. The molecule has 2 fully saturated rings. The van der Waals surface area contributed by atoms with Crippen molar-refractivity contribution in [1.82, 2.24) is 5.32 Å². The lowest BCUT2D eigenvalue weighted by Crippen LogP contribution is -2.28. The van der Waals surface area contributed by atoms with Crippen molar-refractivity contribution in [1.29, 1.82) is 0 Å². The van der Waals surface area contributed by atoms with E-state index in [9.17, 15) is 0 Å². The maximum absolute atomic E-state index is 6.07. The Bertz CT molecular complexity index is 443. The lowest BCUT2D eigenvalue weighted by molar-refractivity contribution is -0.164. The molecule has 1 aliphatic heterocycles. The molecule has 0 amide bonds. The Labute approximate surface area is 120 Å². The van der Waals surface area contributed by atoms with Crippen LogP contribution >= 0.6 is 0 Å². The van der Waals surface area contributed by atoms with Crippen LogP contribution in [0.3, 0.4) is 0 Å². The molecule has 1 saturated carbocycles. The van der Waals surface area contributed by atoms with E-state index in [-0.39, 0.29) is 11.9 Å². The minimum absolute atomic E-state index is 0.0516. The van der Waals surface area contributed by atoms with Gasteiger partial charge < -0.3 is 19.5 Å². The normalized spacial score (nSPS) is 24.4. The highest BCUT2D eigenvalue weighted by Crippen LogP contribution is 2.39. The predicted octanol–water partition coefficient (Wildman–Crippen LogP) is 2.47. The fourth-order valence-corrected chi connectivity index (χ4v) is 3.04. The molecule has 2 aliphatic rings. The zero-order valence-electron chi connectivity index (χ0n) is 12.1. The number of para-hydroxylation sites is 1. The minimum atomic E-state index is -0.293. The molecule has 1 aliphatic carbocycles. The van der Waals surface area contributed by atoms with Crippen molar-refractivity contribution in [2.45, 2.75) is 44.1 Å². The third-order valence-corrected chi connectivity index (χ3v) is 4.04. The van der Waals surface area contributed by atoms with Gasteiger partial charge in [-0.3, -0.25) is 0 Å². The summed E-state index contributed by atoms with van der Waals surface area (Å²) >= 11 is 0. The Morgan fingerprint density at radius 3 is 2.90 bits per heavy atom. The van der Waals surface area contributed by atoms with Crippen LogP contribution in [-0.4, -0.2) is 32.2 Å². The molecular formula is C16H23NO3. The van der Waals surface area contributed by atoms with Gasteiger partial charge in [0.05, 0.1) is 6.61 Å². The molecule has 0 aromatic heterocycles. The summed E-state index contributed by atoms with van der Waals surface area (Å²) in [6.07, 6.45) is 4.52. The van der Waals surface area contributed by atoms with E-state index in [4.69, 9.17) is 14.2 Å². The van der Waals surface area contributed by atoms with Gasteiger partial charge in [-0.05, 0) is 26.0 Å². The van der Waals surface area contributed by atoms with Crippen LogP contribution in [0.2, 0.25) is 0 Å². The van der Waals surface area contributed by atoms with Crippen LogP contribution in [0, 0.1) is 0 Å². The van der Waals surface area contributed by atoms with Crippen LogP contribution in [0.1, 0.15) is 31.2 Å². The maximum Gasteiger partial charge on any atom is 0.169 e. The smallest absolute Gasteiger partial charge is 0.169 e. The first-order chi connectivity index (χ1) is 9.81. The lowest BCUT2D eigenvalue weighted by Gasteiger charge is -2.22. The van der Waals surface area contributed by atoms with Gasteiger partial charge in [-0.1, -0.05) is 18.2 Å². The number of rotatable bonds is 5. The van der Waals surface area contributed by atoms with Gasteiger partial charge in [0.1, 0.15) is 18.5 Å². The average molecular weight is 277 g/mol. The van der Waals surface area contributed by atoms with Crippen molar-refractivity contribution in [3.05, 3.63) is 29.8 Å². The zero-order chi connectivity index (χ0) is 13.8. The third-order valence-electron chi connectivity index (χ3n) is 4.04. The Morgan fingerprint density at radius 1 is 1.30 bits per heavy atom. The quantitative estimate of drug-likeness (QED) is 0.897. The first kappa shape index (κ1) is 13.9. The number of hydrogen-bond acceptors (Lipinski definition) is 4. The van der Waals surface area contributed by atoms with E-state index < -0.39 is 0 Å². The summed E-state index contributed by atoms with van der Waals surface area (Å²) in [4.78, 5) is 0. The van der Waals surface area contributed by atoms with Crippen LogP contribution < -0.4 is 10.1 Å². The highest BCUT2D eigenvalue weighted by atomic mass is 16.8. The molecule has 4 nitrogen and oxygen atoms in total. The van der Waals surface area contributed by atoms with E-state index in [1.54, 1.807) is 0 Å². The van der Waals surface area contributed by atoms with Gasteiger partial charge in [-0.2, -0.15) is 0 Å². The topological polar surface area (TPSA) is 39.7 Å². The van der Waals surface area contributed by atoms with Crippen LogP contribution in [0.5, 0.6) is 5.75 Å². The summed E-state index contributed by atoms with van der Waals surface area (Å²) in [7, 11) is 1.94. The van der Waals surface area contributed by atoms with Crippen LogP contribution in [0.15, 0.2) is 24.3 Å². The molecule has 1 unspecified atom stereocenters. The van der Waals surface area contributed by atoms with Gasteiger partial charge in [0, 0.05) is 24.9 Å². The molecule has 1 heterocycles. The van der Waals surface area contributed by atoms with E-state index in [0.29, 0.717) is 13.2 Å². The van der Waals surface area contributed by atoms with Gasteiger partial charge in [0.2, 0.25) is 0 Å². The fraction of sp³-hybridized carbons (Fsp3) is 0.625. The molecule has 1 atom stereocenters. The monoisotopic (exact) mass is 277 g/mol. The number of benzene rings is 1. The number of ether oxygens (including phenoxy) is 3. The molecule has 3 rings (SSSR count). The molecule has 1 aromatic carbocycles. The van der Waals surface area contributed by atoms with Gasteiger partial charge in [-0.15, -0.1) is 0 Å². The highest BCUT2D eigenvalue weighted by molar-refractivity contribution is 5.33. The molecule has 1 aromatic rings. The van der Waals surface area contributed by atoms with Crippen molar-refractivity contribution in [2.75, 3.05) is 20.3 Å². The largest absolute Gasteiger partial charge is 0.490 e. The van der Waals surface area contributed by atoms with Crippen LogP contribution in [-0.2, 0) is 16.0 Å². The van der Waals surface area contributed by atoms with Gasteiger partial charge in [-0.25, -0.2) is 0 Å². The van der Waals surface area contributed by atoms with E-state index in [1.807, 2.05) is 25.2 Å². The van der Waals surface area contributed by atoms with Crippen molar-refractivity contribution >= 4 is 0 Å². The second kappa shape index (κ2) is 6.12. The maximum atomic E-state index is 6.07. The predicted molar refractivity (Wildman–Crippen MR) is 76.7 cm³/mol. The molecule has 0 bridgehead atoms. The first-order valence-electron chi connectivity index (χ1n) is 7.48. The van der Waals surface area contributed by atoms with Crippen molar-refractivity contribution in [3.63, 3.8) is 0 Å². The summed E-state index contributed by atoms with van der Waals surface area (Å²) < 4.78 is 17.9. The summed E-state index contributed by atoms with van der Waals surface area (Å²) in [5.41, 5.74) is 1.17. The molecule has 0 radical (unpaired) electrons. The van der Waals surface area contributed by atoms with E-state index >= 15 is 0 Å². The summed E-state index contributed by atoms with van der Waals surface area (Å²) in [5.74, 6) is 0.635. The SMILES string of the molecule is CNCc1ccccc1OCC1COC2(CCCC2)O1. The van der Waals surface area contributed by atoms with Crippen molar-refractivity contribution < 1.29 is 14.2 Å². The van der Waals surface area contributed by atoms with Gasteiger partial charge in [0.25, 0.3) is 0 Å². The minimum Gasteiger partial charge on any atom is -0.490 e. The van der Waals surface area contributed by atoms with Gasteiger partial charge in [0.15, 0.2) is 5.79 Å². The van der Waals surface area contributed by atoms with Crippen molar-refractivity contribution in [2.24, 2.45) is 0 Å². The first-order valence-corrected chi connectivity index (χ1v) is 7.48. The van der Waals surface area contributed by atoms with Crippen molar-refractivity contribution in [3.8, 4) is 5.75 Å². The van der Waals surface area contributed by atoms with Crippen LogP contribution in [0.4, 0.5) is 0 Å². The van der Waals surface area contributed by atoms with Crippen LogP contribution in [0.25, 0.3) is 0 Å². The number of hydrogen-bond donors (Lipinski definition) is 1. The zero-order valence-corrected chi connectivity index (χ0v) is 12.1. The van der Waals surface area contributed by atoms with E-state index in [1.165, 1.54) is 18.4 Å². The average Bonchev–Trinajstić information content (AvgIpc) is 3.09. The molecule has 4 heteroatoms. The molecule has 20 heavy (non-hydrogen) atoms. The Morgan fingerprint density at radius 2 is 2.10 bits per heavy atom. The number of nitrogens with one attached hydrogen (secondary N) is 1. The Kier molecular flexibility index (Phi) is 4.24. The summed E-state index contributed by atoms with van der Waals surface area (Å²) in [6, 6.07) is 8.12. The fourth-order valence-electron chi connectivity index (χ4n) is 3.04. The van der Waals surface area contributed by atoms with E-state index in [2.05, 4.69) is 11.4 Å². The Balaban J connectivity index is 1.55. The molecule has 110 valence electrons. The standard InChI is InChI=1S/C16H23NO3/c1-17-10-13-6-2-3-7-15(13)18-11-14-12-19-16(20-14)8-4-5-9-16/h2-3,6-7,14,17H,4-5,8-12H2,1H3. The molecule has 1 spiro atoms. The summed E-state index contributed by atoms with van der Waals surface area (Å²) in [6.45, 7) is 2.01. The summed E-state index contributed by atoms with van der Waals surface area (Å²) in [5, 5.41) is 3.16. The second-order valence-electron chi connectivity index (χ2n) is 5.62. The third kappa shape index (κ3) is 2.97.